The summed E-state index contributed by atoms with van der Waals surface area (Å²) in [7, 11) is 1.54. The Kier molecular flexibility index (Phi) is 5.59. The van der Waals surface area contributed by atoms with Crippen LogP contribution in [0.2, 0.25) is 0 Å². The first-order chi connectivity index (χ1) is 18.2. The van der Waals surface area contributed by atoms with Gasteiger partial charge in [-0.25, -0.2) is 25.4 Å². The van der Waals surface area contributed by atoms with E-state index in [0.717, 1.165) is 12.8 Å². The molecule has 11 nitrogen and oxygen atoms in total. The molecule has 6 rings (SSSR count). The maximum Gasteiger partial charge on any atom is 0.389 e. The lowest BCUT2D eigenvalue weighted by molar-refractivity contribution is -0.135. The number of amidine groups is 1. The van der Waals surface area contributed by atoms with Crippen molar-refractivity contribution in [2.45, 2.75) is 43.7 Å². The highest BCUT2D eigenvalue weighted by molar-refractivity contribution is 6.43. The number of halogens is 3. The number of hydrogen-bond acceptors (Lipinski definition) is 10. The SMILES string of the molecule is COc1ccc(C2(C3CC3)C(=O)Nc3nc(C4=CN5NCN=C5C(CCCC(F)(F)F)=N4)nc(N)c32)nc1. The molecule has 0 bridgehead atoms. The predicted octanol–water partition coefficient (Wildman–Crippen LogP) is 2.77. The molecule has 2 aromatic rings. The van der Waals surface area contributed by atoms with Crippen LogP contribution >= 0.6 is 0 Å². The van der Waals surface area contributed by atoms with Gasteiger partial charge in [0.05, 0.1) is 36.5 Å². The zero-order valence-electron chi connectivity index (χ0n) is 20.3. The lowest BCUT2D eigenvalue weighted by Crippen LogP contribution is -2.39. The van der Waals surface area contributed by atoms with Crippen LogP contribution in [0.25, 0.3) is 5.70 Å². The van der Waals surface area contributed by atoms with E-state index in [4.69, 9.17) is 10.5 Å². The molecule has 14 heteroatoms. The van der Waals surface area contributed by atoms with Gasteiger partial charge in [0, 0.05) is 6.42 Å². The lowest BCUT2D eigenvalue weighted by Gasteiger charge is -2.27. The summed E-state index contributed by atoms with van der Waals surface area (Å²) >= 11 is 0. The summed E-state index contributed by atoms with van der Waals surface area (Å²) in [6, 6.07) is 3.49. The Morgan fingerprint density at radius 3 is 2.76 bits per heavy atom. The second kappa shape index (κ2) is 8.75. The number of ether oxygens (including phenoxy) is 1. The molecule has 5 heterocycles. The quantitative estimate of drug-likeness (QED) is 0.499. The third kappa shape index (κ3) is 3.95. The first kappa shape index (κ1) is 24.3. The maximum absolute atomic E-state index is 13.6. The van der Waals surface area contributed by atoms with Crippen molar-refractivity contribution in [3.8, 4) is 5.75 Å². The van der Waals surface area contributed by atoms with Crippen LogP contribution in [0.3, 0.4) is 0 Å². The summed E-state index contributed by atoms with van der Waals surface area (Å²) in [5.41, 5.74) is 10.1. The second-order valence-electron chi connectivity index (χ2n) is 9.49. The van der Waals surface area contributed by atoms with Gasteiger partial charge in [-0.15, -0.1) is 0 Å². The van der Waals surface area contributed by atoms with E-state index in [0.29, 0.717) is 28.6 Å². The molecule has 0 aromatic carbocycles. The number of fused-ring (bicyclic) bond motifs is 2. The van der Waals surface area contributed by atoms with Crippen LogP contribution in [-0.4, -0.2) is 57.4 Å². The maximum atomic E-state index is 13.6. The number of aliphatic imine (C=N–C) groups is 2. The number of nitrogens with one attached hydrogen (secondary N) is 2. The number of amides is 1. The number of methoxy groups -OCH3 is 1. The molecule has 4 N–H and O–H groups in total. The number of nitrogen functional groups attached to an aromatic ring is 1. The van der Waals surface area contributed by atoms with E-state index in [1.807, 2.05) is 0 Å². The minimum Gasteiger partial charge on any atom is -0.495 e. The Hall–Kier alpha value is -4.07. The van der Waals surface area contributed by atoms with Crippen molar-refractivity contribution in [3.05, 3.63) is 41.6 Å². The molecule has 0 spiro atoms. The topological polar surface area (TPSA) is 143 Å². The summed E-state index contributed by atoms with van der Waals surface area (Å²) in [5.74, 6) is 1.23. The summed E-state index contributed by atoms with van der Waals surface area (Å²) in [4.78, 5) is 36.0. The van der Waals surface area contributed by atoms with Crippen molar-refractivity contribution in [1.82, 2.24) is 25.4 Å². The highest BCUT2D eigenvalue weighted by Gasteiger charge is 2.60. The van der Waals surface area contributed by atoms with E-state index < -0.39 is 18.0 Å². The van der Waals surface area contributed by atoms with Crippen LogP contribution in [0.5, 0.6) is 5.75 Å². The van der Waals surface area contributed by atoms with Gasteiger partial charge < -0.3 is 15.8 Å². The monoisotopic (exact) mass is 527 g/mol. The Balaban J connectivity index is 1.38. The van der Waals surface area contributed by atoms with Crippen LogP contribution in [-0.2, 0) is 10.2 Å². The van der Waals surface area contributed by atoms with E-state index >= 15 is 0 Å². The highest BCUT2D eigenvalue weighted by Crippen LogP contribution is 2.57. The number of carbonyl (C=O) groups excluding carboxylic acids is 1. The Bertz CT molecular complexity index is 1400. The largest absolute Gasteiger partial charge is 0.495 e. The van der Waals surface area contributed by atoms with E-state index in [1.165, 1.54) is 7.11 Å². The fraction of sp³-hybridized carbons (Fsp3) is 0.417. The molecule has 1 amide bonds. The normalized spacial score (nSPS) is 22.4. The molecular formula is C24H24F3N9O2. The van der Waals surface area contributed by atoms with Crippen LogP contribution in [0, 0.1) is 5.92 Å². The van der Waals surface area contributed by atoms with Gasteiger partial charge >= 0.3 is 6.18 Å². The number of nitrogens with two attached hydrogens (primary N) is 1. The molecule has 4 aliphatic rings. The second-order valence-corrected chi connectivity index (χ2v) is 9.49. The van der Waals surface area contributed by atoms with Gasteiger partial charge in [-0.2, -0.15) is 13.2 Å². The molecular weight excluding hydrogens is 503 g/mol. The number of hydrazine groups is 1. The number of rotatable bonds is 7. The third-order valence-electron chi connectivity index (χ3n) is 7.05. The standard InChI is InChI=1S/C24H24F3N9O2/c1-38-13-6-7-16(29-9-13)24(12-4-5-12)17-18(28)33-19(34-20(17)35-22(24)37)15-10-36-21(30-11-31-36)14(32-15)3-2-8-23(25,26)27/h6-7,9-10,12,31H,2-5,8,11H2,1H3,(H3,28,33,34,35,37). The van der Waals surface area contributed by atoms with Gasteiger partial charge in [0.2, 0.25) is 5.91 Å². The Morgan fingerprint density at radius 2 is 2.08 bits per heavy atom. The number of pyridine rings is 1. The number of alkyl halides is 3. The summed E-state index contributed by atoms with van der Waals surface area (Å²) in [6.45, 7) is 0.263. The zero-order valence-corrected chi connectivity index (χ0v) is 20.3. The average molecular weight is 528 g/mol. The van der Waals surface area contributed by atoms with Crippen LogP contribution in [0.15, 0.2) is 34.5 Å². The molecule has 2 aromatic heterocycles. The first-order valence-corrected chi connectivity index (χ1v) is 12.1. The fourth-order valence-corrected chi connectivity index (χ4v) is 5.24. The van der Waals surface area contributed by atoms with E-state index in [9.17, 15) is 18.0 Å². The number of aromatic nitrogens is 3. The number of hydrogen-bond donors (Lipinski definition) is 3. The van der Waals surface area contributed by atoms with Crippen LogP contribution in [0.4, 0.5) is 24.8 Å². The van der Waals surface area contributed by atoms with Crippen LogP contribution in [0.1, 0.15) is 49.2 Å². The summed E-state index contributed by atoms with van der Waals surface area (Å²) in [6.07, 6.45) is -0.447. The average Bonchev–Trinajstić information content (AvgIpc) is 3.53. The molecule has 0 radical (unpaired) electrons. The molecule has 0 saturated heterocycles. The highest BCUT2D eigenvalue weighted by atomic mass is 19.4. The van der Waals surface area contributed by atoms with Gasteiger partial charge in [-0.1, -0.05) is 0 Å². The number of nitrogens with zero attached hydrogens (tertiary/aromatic N) is 6. The van der Waals surface area contributed by atoms with Gasteiger partial charge in [0.15, 0.2) is 11.7 Å². The zero-order chi connectivity index (χ0) is 26.7. The van der Waals surface area contributed by atoms with Crippen molar-refractivity contribution in [2.75, 3.05) is 24.8 Å². The minimum atomic E-state index is -4.26. The molecule has 3 aliphatic heterocycles. The van der Waals surface area contributed by atoms with Gasteiger partial charge in [-0.05, 0) is 43.7 Å². The molecule has 1 atom stereocenters. The Morgan fingerprint density at radius 1 is 1.26 bits per heavy atom. The number of anilines is 2. The fourth-order valence-electron chi connectivity index (χ4n) is 5.24. The van der Waals surface area contributed by atoms with E-state index in [1.54, 1.807) is 29.5 Å². The molecule has 1 aliphatic carbocycles. The van der Waals surface area contributed by atoms with Crippen molar-refractivity contribution in [3.63, 3.8) is 0 Å². The molecule has 1 saturated carbocycles. The number of carbonyl (C=O) groups is 1. The van der Waals surface area contributed by atoms with E-state index in [-0.39, 0.29) is 54.5 Å². The molecule has 1 unspecified atom stereocenters. The van der Waals surface area contributed by atoms with Gasteiger partial charge in [0.25, 0.3) is 0 Å². The minimum absolute atomic E-state index is 0.0129. The molecule has 1 fully saturated rings. The van der Waals surface area contributed by atoms with Gasteiger partial charge in [0.1, 0.15) is 35.2 Å². The van der Waals surface area contributed by atoms with E-state index in [2.05, 4.69) is 35.7 Å². The third-order valence-corrected chi connectivity index (χ3v) is 7.05. The van der Waals surface area contributed by atoms with Crippen LogP contribution < -0.4 is 21.2 Å². The van der Waals surface area contributed by atoms with Crippen molar-refractivity contribution in [2.24, 2.45) is 15.9 Å². The Labute approximate surface area is 215 Å². The predicted molar refractivity (Wildman–Crippen MR) is 132 cm³/mol. The first-order valence-electron chi connectivity index (χ1n) is 12.1. The van der Waals surface area contributed by atoms with Crippen molar-refractivity contribution >= 4 is 34.8 Å². The van der Waals surface area contributed by atoms with Crippen molar-refractivity contribution in [1.29, 1.82) is 0 Å². The molecule has 198 valence electrons. The smallest absolute Gasteiger partial charge is 0.389 e. The van der Waals surface area contributed by atoms with Crippen molar-refractivity contribution < 1.29 is 22.7 Å². The summed E-state index contributed by atoms with van der Waals surface area (Å²) < 4.78 is 43.4. The lowest BCUT2D eigenvalue weighted by atomic mass is 9.74. The van der Waals surface area contributed by atoms with Gasteiger partial charge in [-0.3, -0.25) is 14.8 Å². The summed E-state index contributed by atoms with van der Waals surface area (Å²) in [5, 5.41) is 4.46. The molecule has 38 heavy (non-hydrogen) atoms.